The molecular formula is C5H9NO4S. The maximum absolute atomic E-state index is 10.8. The normalized spacial score (nSPS) is 30.9. The van der Waals surface area contributed by atoms with Crippen LogP contribution in [0.25, 0.3) is 0 Å². The summed E-state index contributed by atoms with van der Waals surface area (Å²) < 4.78 is 21.6. The fourth-order valence-corrected chi connectivity index (χ4v) is 2.11. The summed E-state index contributed by atoms with van der Waals surface area (Å²) in [6.07, 6.45) is 1.03. The van der Waals surface area contributed by atoms with E-state index in [0.717, 1.165) is 6.26 Å². The second-order valence-corrected chi connectivity index (χ2v) is 4.71. The number of aliphatic hydroxyl groups is 1. The van der Waals surface area contributed by atoms with Gasteiger partial charge in [0.2, 0.25) is 5.91 Å². The average Bonchev–Trinajstić information content (AvgIpc) is 1.81. The van der Waals surface area contributed by atoms with Gasteiger partial charge in [0.25, 0.3) is 0 Å². The van der Waals surface area contributed by atoms with Crippen molar-refractivity contribution in [3.8, 4) is 0 Å². The number of aliphatic hydroxyl groups excluding tert-OH is 1. The Morgan fingerprint density at radius 2 is 2.18 bits per heavy atom. The number of rotatable bonds is 2. The first kappa shape index (κ1) is 8.48. The van der Waals surface area contributed by atoms with E-state index >= 15 is 0 Å². The molecule has 2 atom stereocenters. The first-order valence-corrected chi connectivity index (χ1v) is 5.02. The molecule has 1 saturated heterocycles. The Balaban J connectivity index is 2.74. The zero-order chi connectivity index (χ0) is 8.65. The molecule has 0 spiro atoms. The number of nitrogens with one attached hydrogen (secondary N) is 1. The highest BCUT2D eigenvalue weighted by Crippen LogP contribution is 2.18. The van der Waals surface area contributed by atoms with Crippen molar-refractivity contribution in [1.29, 1.82) is 0 Å². The average molecular weight is 179 g/mol. The predicted octanol–water partition coefficient (Wildman–Crippen LogP) is -1.90. The van der Waals surface area contributed by atoms with Gasteiger partial charge in [0.1, 0.15) is 5.37 Å². The third-order valence-electron chi connectivity index (χ3n) is 1.64. The lowest BCUT2D eigenvalue weighted by Gasteiger charge is -2.33. The van der Waals surface area contributed by atoms with Gasteiger partial charge >= 0.3 is 0 Å². The van der Waals surface area contributed by atoms with E-state index in [1.54, 1.807) is 0 Å². The quantitative estimate of drug-likeness (QED) is 0.485. The molecule has 1 amide bonds. The standard InChI is InChI=1S/C5H9NO4S/c1-11(9,10)5-3(2-7)4(8)6-5/h3,5,7H,2H2,1H3,(H,6,8). The molecule has 1 aliphatic rings. The summed E-state index contributed by atoms with van der Waals surface area (Å²) in [6, 6.07) is 0. The summed E-state index contributed by atoms with van der Waals surface area (Å²) >= 11 is 0. The van der Waals surface area contributed by atoms with Gasteiger partial charge in [-0.3, -0.25) is 4.79 Å². The van der Waals surface area contributed by atoms with Crippen molar-refractivity contribution in [2.45, 2.75) is 5.37 Å². The highest BCUT2D eigenvalue weighted by molar-refractivity contribution is 7.91. The molecule has 0 aromatic heterocycles. The Kier molecular flexibility index (Phi) is 1.89. The Morgan fingerprint density at radius 1 is 1.64 bits per heavy atom. The summed E-state index contributed by atoms with van der Waals surface area (Å²) in [4.78, 5) is 10.6. The van der Waals surface area contributed by atoms with Gasteiger partial charge in [-0.2, -0.15) is 0 Å². The van der Waals surface area contributed by atoms with Crippen LogP contribution in [-0.4, -0.2) is 37.7 Å². The second kappa shape index (κ2) is 2.46. The number of amides is 1. The van der Waals surface area contributed by atoms with Crippen LogP contribution in [0.4, 0.5) is 0 Å². The smallest absolute Gasteiger partial charge is 0.229 e. The summed E-state index contributed by atoms with van der Waals surface area (Å²) in [5, 5.41) is 9.87. The molecule has 11 heavy (non-hydrogen) atoms. The molecule has 0 bridgehead atoms. The van der Waals surface area contributed by atoms with Gasteiger partial charge in [0.05, 0.1) is 12.5 Å². The number of carbonyl (C=O) groups excluding carboxylic acids is 1. The van der Waals surface area contributed by atoms with Crippen molar-refractivity contribution in [3.63, 3.8) is 0 Å². The molecule has 2 unspecified atom stereocenters. The number of sulfone groups is 1. The van der Waals surface area contributed by atoms with E-state index in [0.29, 0.717) is 0 Å². The Morgan fingerprint density at radius 3 is 2.36 bits per heavy atom. The lowest BCUT2D eigenvalue weighted by atomic mass is 10.0. The third kappa shape index (κ3) is 1.36. The molecule has 5 nitrogen and oxygen atoms in total. The van der Waals surface area contributed by atoms with Crippen LogP contribution >= 0.6 is 0 Å². The number of hydrogen-bond acceptors (Lipinski definition) is 4. The van der Waals surface area contributed by atoms with Crippen LogP contribution in [0.2, 0.25) is 0 Å². The Hall–Kier alpha value is -0.620. The van der Waals surface area contributed by atoms with Gasteiger partial charge < -0.3 is 10.4 Å². The molecule has 0 aromatic rings. The van der Waals surface area contributed by atoms with E-state index in [2.05, 4.69) is 5.32 Å². The molecule has 2 N–H and O–H groups in total. The summed E-state index contributed by atoms with van der Waals surface area (Å²) in [7, 11) is -3.25. The maximum Gasteiger partial charge on any atom is 0.229 e. The number of hydrogen-bond donors (Lipinski definition) is 2. The summed E-state index contributed by atoms with van der Waals surface area (Å²) in [5.41, 5.74) is 0. The van der Waals surface area contributed by atoms with Crippen molar-refractivity contribution < 1.29 is 18.3 Å². The molecular weight excluding hydrogens is 170 g/mol. The monoisotopic (exact) mass is 179 g/mol. The van der Waals surface area contributed by atoms with Crippen LogP contribution in [0.15, 0.2) is 0 Å². The zero-order valence-corrected chi connectivity index (χ0v) is 6.76. The molecule has 1 heterocycles. The Bertz CT molecular complexity index is 270. The Labute approximate surface area is 64.3 Å². The first-order chi connectivity index (χ1) is 4.96. The zero-order valence-electron chi connectivity index (χ0n) is 5.94. The van der Waals surface area contributed by atoms with Crippen LogP contribution in [0.3, 0.4) is 0 Å². The van der Waals surface area contributed by atoms with Crippen LogP contribution in [0, 0.1) is 5.92 Å². The second-order valence-electron chi connectivity index (χ2n) is 2.55. The van der Waals surface area contributed by atoms with Gasteiger partial charge in [0.15, 0.2) is 9.84 Å². The van der Waals surface area contributed by atoms with Gasteiger partial charge in [-0.1, -0.05) is 0 Å². The van der Waals surface area contributed by atoms with Crippen molar-refractivity contribution in [2.24, 2.45) is 5.92 Å². The van der Waals surface area contributed by atoms with Gasteiger partial charge in [-0.15, -0.1) is 0 Å². The molecule has 1 fully saturated rings. The predicted molar refractivity (Wildman–Crippen MR) is 37.4 cm³/mol. The lowest BCUT2D eigenvalue weighted by molar-refractivity contribution is -0.134. The maximum atomic E-state index is 10.8. The lowest BCUT2D eigenvalue weighted by Crippen LogP contribution is -2.62. The molecule has 1 aliphatic heterocycles. The van der Waals surface area contributed by atoms with E-state index in [1.807, 2.05) is 0 Å². The largest absolute Gasteiger partial charge is 0.395 e. The SMILES string of the molecule is CS(=O)(=O)C1NC(=O)C1CO. The van der Waals surface area contributed by atoms with E-state index < -0.39 is 33.6 Å². The molecule has 64 valence electrons. The molecule has 0 aliphatic carbocycles. The van der Waals surface area contributed by atoms with Crippen molar-refractivity contribution in [2.75, 3.05) is 12.9 Å². The minimum Gasteiger partial charge on any atom is -0.395 e. The van der Waals surface area contributed by atoms with Gasteiger partial charge in [0, 0.05) is 6.26 Å². The fraction of sp³-hybridized carbons (Fsp3) is 0.800. The third-order valence-corrected chi connectivity index (χ3v) is 3.01. The van der Waals surface area contributed by atoms with Crippen molar-refractivity contribution in [1.82, 2.24) is 5.32 Å². The number of carbonyl (C=O) groups is 1. The molecule has 0 saturated carbocycles. The van der Waals surface area contributed by atoms with Crippen LogP contribution < -0.4 is 5.32 Å². The first-order valence-electron chi connectivity index (χ1n) is 3.07. The van der Waals surface area contributed by atoms with Gasteiger partial charge in [-0.25, -0.2) is 8.42 Å². The van der Waals surface area contributed by atoms with E-state index in [1.165, 1.54) is 0 Å². The van der Waals surface area contributed by atoms with E-state index in [9.17, 15) is 13.2 Å². The van der Waals surface area contributed by atoms with Crippen LogP contribution in [0.1, 0.15) is 0 Å². The fourth-order valence-electron chi connectivity index (χ4n) is 0.973. The summed E-state index contributed by atoms with van der Waals surface area (Å²) in [5.74, 6) is -1.17. The summed E-state index contributed by atoms with van der Waals surface area (Å²) in [6.45, 7) is -0.413. The molecule has 6 heteroatoms. The minimum absolute atomic E-state index is 0.400. The topological polar surface area (TPSA) is 83.5 Å². The molecule has 1 rings (SSSR count). The molecule has 0 radical (unpaired) electrons. The minimum atomic E-state index is -3.25. The molecule has 0 aromatic carbocycles. The van der Waals surface area contributed by atoms with Gasteiger partial charge in [-0.05, 0) is 0 Å². The highest BCUT2D eigenvalue weighted by Gasteiger charge is 2.44. The number of β-lactam (4-membered cyclic amide) rings is 1. The van der Waals surface area contributed by atoms with E-state index in [4.69, 9.17) is 5.11 Å². The van der Waals surface area contributed by atoms with Crippen LogP contribution in [0.5, 0.6) is 0 Å². The van der Waals surface area contributed by atoms with Crippen molar-refractivity contribution in [3.05, 3.63) is 0 Å². The highest BCUT2D eigenvalue weighted by atomic mass is 32.2. The van der Waals surface area contributed by atoms with E-state index in [-0.39, 0.29) is 0 Å². The van der Waals surface area contributed by atoms with Crippen molar-refractivity contribution >= 4 is 15.7 Å². The van der Waals surface area contributed by atoms with Crippen LogP contribution in [-0.2, 0) is 14.6 Å².